The van der Waals surface area contributed by atoms with Gasteiger partial charge in [-0.3, -0.25) is 4.79 Å². The lowest BCUT2D eigenvalue weighted by Gasteiger charge is -2.34. The lowest BCUT2D eigenvalue weighted by molar-refractivity contribution is 0.0611. The van der Waals surface area contributed by atoms with Crippen molar-refractivity contribution in [2.75, 3.05) is 6.54 Å². The first-order chi connectivity index (χ1) is 11.7. The van der Waals surface area contributed by atoms with Crippen LogP contribution in [0.5, 0.6) is 0 Å². The van der Waals surface area contributed by atoms with E-state index in [9.17, 15) is 4.79 Å². The number of para-hydroxylation sites is 1. The number of amides is 1. The van der Waals surface area contributed by atoms with Crippen molar-refractivity contribution >= 4 is 39.1 Å². The van der Waals surface area contributed by atoms with Crippen molar-refractivity contribution < 1.29 is 4.79 Å². The van der Waals surface area contributed by atoms with Crippen LogP contribution in [0, 0.1) is 0 Å². The molecule has 0 aliphatic carbocycles. The van der Waals surface area contributed by atoms with Crippen LogP contribution in [0.2, 0.25) is 5.15 Å². The molecule has 1 atom stereocenters. The third kappa shape index (κ3) is 2.89. The Hall–Kier alpha value is -1.98. The van der Waals surface area contributed by atoms with Crippen molar-refractivity contribution in [2.45, 2.75) is 25.3 Å². The Morgan fingerprint density at radius 3 is 2.88 bits per heavy atom. The molecule has 3 aromatic rings. The summed E-state index contributed by atoms with van der Waals surface area (Å²) >= 11 is 7.51. The zero-order valence-corrected chi connectivity index (χ0v) is 14.6. The van der Waals surface area contributed by atoms with E-state index in [1.165, 1.54) is 4.70 Å². The summed E-state index contributed by atoms with van der Waals surface area (Å²) in [6, 6.07) is 11.6. The minimum absolute atomic E-state index is 0.00289. The number of thiazole rings is 1. The van der Waals surface area contributed by atoms with Crippen LogP contribution in [0.25, 0.3) is 10.2 Å². The fourth-order valence-electron chi connectivity index (χ4n) is 3.13. The Labute approximate surface area is 149 Å². The minimum Gasteiger partial charge on any atom is -0.329 e. The second-order valence-corrected chi connectivity index (χ2v) is 7.35. The largest absolute Gasteiger partial charge is 0.329 e. The summed E-state index contributed by atoms with van der Waals surface area (Å²) in [7, 11) is 0. The van der Waals surface area contributed by atoms with Crippen LogP contribution < -0.4 is 0 Å². The summed E-state index contributed by atoms with van der Waals surface area (Å²) < 4.78 is 1.17. The number of hydrogen-bond acceptors (Lipinski definition) is 4. The van der Waals surface area contributed by atoms with E-state index in [0.717, 1.165) is 36.3 Å². The number of carbonyl (C=O) groups excluding carboxylic acids is 1. The van der Waals surface area contributed by atoms with Crippen molar-refractivity contribution in [1.82, 2.24) is 14.9 Å². The van der Waals surface area contributed by atoms with E-state index >= 15 is 0 Å². The molecule has 0 saturated carbocycles. The molecule has 0 bridgehead atoms. The predicted molar refractivity (Wildman–Crippen MR) is 96.5 cm³/mol. The number of rotatable bonds is 2. The number of halogens is 1. The van der Waals surface area contributed by atoms with E-state index in [2.05, 4.69) is 11.1 Å². The summed E-state index contributed by atoms with van der Waals surface area (Å²) in [5.41, 5.74) is 1.58. The average molecular weight is 358 g/mol. The molecule has 1 saturated heterocycles. The fourth-order valence-corrected chi connectivity index (χ4v) is 4.36. The molecule has 0 radical (unpaired) electrons. The highest BCUT2D eigenvalue weighted by atomic mass is 35.5. The first kappa shape index (κ1) is 15.5. The smallest absolute Gasteiger partial charge is 0.256 e. The van der Waals surface area contributed by atoms with Crippen LogP contribution >= 0.6 is 22.9 Å². The van der Waals surface area contributed by atoms with Crippen molar-refractivity contribution in [2.24, 2.45) is 0 Å². The maximum absolute atomic E-state index is 12.9. The number of carbonyl (C=O) groups is 1. The monoisotopic (exact) mass is 357 g/mol. The number of pyridine rings is 1. The maximum Gasteiger partial charge on any atom is 0.256 e. The van der Waals surface area contributed by atoms with Crippen molar-refractivity contribution in [3.05, 3.63) is 58.3 Å². The highest BCUT2D eigenvalue weighted by Crippen LogP contribution is 2.36. The molecule has 0 N–H and O–H groups in total. The molecule has 1 amide bonds. The van der Waals surface area contributed by atoms with Crippen LogP contribution in [0.3, 0.4) is 0 Å². The molecule has 6 heteroatoms. The van der Waals surface area contributed by atoms with Gasteiger partial charge in [0, 0.05) is 12.7 Å². The molecule has 1 unspecified atom stereocenters. The standard InChI is InChI=1S/C18H16ClN3OS/c19-16-9-8-12(11-20-16)18(23)22-10-4-3-6-14(22)17-21-13-5-1-2-7-15(13)24-17/h1-2,5,7-9,11,14H,3-4,6,10H2. The number of likely N-dealkylation sites (tertiary alicyclic amines) is 1. The first-order valence-corrected chi connectivity index (χ1v) is 9.20. The number of piperidine rings is 1. The molecule has 0 spiro atoms. The molecular formula is C18H16ClN3OS. The van der Waals surface area contributed by atoms with Gasteiger partial charge in [0.05, 0.1) is 21.8 Å². The van der Waals surface area contributed by atoms with Crippen LogP contribution in [0.4, 0.5) is 0 Å². The summed E-state index contributed by atoms with van der Waals surface area (Å²) in [4.78, 5) is 23.7. The predicted octanol–water partition coefficient (Wildman–Crippen LogP) is 4.71. The number of nitrogens with zero attached hydrogens (tertiary/aromatic N) is 3. The zero-order chi connectivity index (χ0) is 16.5. The van der Waals surface area contributed by atoms with Gasteiger partial charge in [0.15, 0.2) is 0 Å². The van der Waals surface area contributed by atoms with Gasteiger partial charge in [-0.2, -0.15) is 0 Å². The third-order valence-electron chi connectivity index (χ3n) is 4.33. The highest BCUT2D eigenvalue weighted by molar-refractivity contribution is 7.18. The molecule has 4 rings (SSSR count). The maximum atomic E-state index is 12.9. The second-order valence-electron chi connectivity index (χ2n) is 5.90. The van der Waals surface area contributed by atoms with E-state index in [4.69, 9.17) is 16.6 Å². The van der Waals surface area contributed by atoms with Crippen LogP contribution in [-0.4, -0.2) is 27.3 Å². The molecule has 2 aromatic heterocycles. The lowest BCUT2D eigenvalue weighted by atomic mass is 10.0. The molecular weight excluding hydrogens is 342 g/mol. The summed E-state index contributed by atoms with van der Waals surface area (Å²) in [5, 5.41) is 1.42. The van der Waals surface area contributed by atoms with Gasteiger partial charge in [0.25, 0.3) is 5.91 Å². The van der Waals surface area contributed by atoms with Gasteiger partial charge in [-0.05, 0) is 43.5 Å². The van der Waals surface area contributed by atoms with Gasteiger partial charge in [-0.25, -0.2) is 9.97 Å². The molecule has 3 heterocycles. The van der Waals surface area contributed by atoms with Crippen molar-refractivity contribution in [1.29, 1.82) is 0 Å². The van der Waals surface area contributed by atoms with Gasteiger partial charge in [-0.15, -0.1) is 11.3 Å². The molecule has 1 aliphatic rings. The normalized spacial score (nSPS) is 18.0. The summed E-state index contributed by atoms with van der Waals surface area (Å²) in [6.45, 7) is 0.752. The average Bonchev–Trinajstić information content (AvgIpc) is 3.06. The second kappa shape index (κ2) is 6.49. The third-order valence-corrected chi connectivity index (χ3v) is 5.69. The Balaban J connectivity index is 1.67. The van der Waals surface area contributed by atoms with E-state index in [-0.39, 0.29) is 11.9 Å². The highest BCUT2D eigenvalue weighted by Gasteiger charge is 2.31. The quantitative estimate of drug-likeness (QED) is 0.624. The van der Waals surface area contributed by atoms with Crippen LogP contribution in [0.1, 0.15) is 40.7 Å². The van der Waals surface area contributed by atoms with Gasteiger partial charge in [-0.1, -0.05) is 23.7 Å². The lowest BCUT2D eigenvalue weighted by Crippen LogP contribution is -2.38. The molecule has 24 heavy (non-hydrogen) atoms. The van der Waals surface area contributed by atoms with E-state index in [0.29, 0.717) is 10.7 Å². The Kier molecular flexibility index (Phi) is 4.21. The Morgan fingerprint density at radius 1 is 1.21 bits per heavy atom. The Bertz CT molecular complexity index is 844. The summed E-state index contributed by atoms with van der Waals surface area (Å²) in [5.74, 6) is 0.00289. The number of fused-ring (bicyclic) bond motifs is 1. The molecule has 1 aliphatic heterocycles. The van der Waals surface area contributed by atoms with Crippen molar-refractivity contribution in [3.8, 4) is 0 Å². The zero-order valence-electron chi connectivity index (χ0n) is 13.0. The van der Waals surface area contributed by atoms with Gasteiger partial charge in [0.2, 0.25) is 0 Å². The van der Waals surface area contributed by atoms with Crippen LogP contribution in [0.15, 0.2) is 42.6 Å². The van der Waals surface area contributed by atoms with E-state index < -0.39 is 0 Å². The van der Waals surface area contributed by atoms with Gasteiger partial charge in [0.1, 0.15) is 10.2 Å². The van der Waals surface area contributed by atoms with E-state index in [1.54, 1.807) is 29.7 Å². The number of aromatic nitrogens is 2. The fraction of sp³-hybridized carbons (Fsp3) is 0.278. The molecule has 1 fully saturated rings. The molecule has 1 aromatic carbocycles. The summed E-state index contributed by atoms with van der Waals surface area (Å²) in [6.07, 6.45) is 4.64. The SMILES string of the molecule is O=C(c1ccc(Cl)nc1)N1CCCCC1c1nc2ccccc2s1. The number of benzene rings is 1. The van der Waals surface area contributed by atoms with Gasteiger partial charge < -0.3 is 4.90 Å². The molecule has 4 nitrogen and oxygen atoms in total. The van der Waals surface area contributed by atoms with E-state index in [1.807, 2.05) is 23.1 Å². The minimum atomic E-state index is 0.00289. The Morgan fingerprint density at radius 2 is 2.08 bits per heavy atom. The molecule has 122 valence electrons. The van der Waals surface area contributed by atoms with Crippen molar-refractivity contribution in [3.63, 3.8) is 0 Å². The number of hydrogen-bond donors (Lipinski definition) is 0. The van der Waals surface area contributed by atoms with Gasteiger partial charge >= 0.3 is 0 Å². The van der Waals surface area contributed by atoms with Crippen LogP contribution in [-0.2, 0) is 0 Å². The topological polar surface area (TPSA) is 46.1 Å². The first-order valence-electron chi connectivity index (χ1n) is 8.00.